The standard InChI is InChI=1S/C22H21Cl3N2O4/c23-16-11-15(12-17(24)13-16)22(29)27-4-2-26(3-5-27)20(28)10-14-8-18(25)21-19(9-14)30-6-1-7-31-21/h8-9,11-13H,1-7,10H2. The van der Waals surface area contributed by atoms with Crippen LogP contribution in [0.3, 0.4) is 0 Å². The number of nitrogens with zero attached hydrogens (tertiary/aromatic N) is 2. The van der Waals surface area contributed by atoms with Crippen molar-refractivity contribution in [3.63, 3.8) is 0 Å². The molecule has 2 aromatic rings. The Balaban J connectivity index is 1.37. The molecule has 1 fully saturated rings. The molecule has 31 heavy (non-hydrogen) atoms. The van der Waals surface area contributed by atoms with E-state index in [1.54, 1.807) is 34.1 Å². The fourth-order valence-corrected chi connectivity index (χ4v) is 4.51. The molecule has 0 radical (unpaired) electrons. The number of rotatable bonds is 3. The van der Waals surface area contributed by atoms with Gasteiger partial charge in [-0.1, -0.05) is 34.8 Å². The molecule has 2 aliphatic heterocycles. The Labute approximate surface area is 195 Å². The van der Waals surface area contributed by atoms with E-state index in [0.29, 0.717) is 71.5 Å². The molecular weight excluding hydrogens is 463 g/mol. The van der Waals surface area contributed by atoms with Crippen LogP contribution in [0.5, 0.6) is 11.5 Å². The molecule has 0 aromatic heterocycles. The van der Waals surface area contributed by atoms with Crippen LogP contribution in [0.15, 0.2) is 30.3 Å². The summed E-state index contributed by atoms with van der Waals surface area (Å²) >= 11 is 18.3. The highest BCUT2D eigenvalue weighted by molar-refractivity contribution is 6.35. The van der Waals surface area contributed by atoms with E-state index in [1.807, 2.05) is 6.07 Å². The van der Waals surface area contributed by atoms with Gasteiger partial charge in [0, 0.05) is 48.2 Å². The number of benzene rings is 2. The number of halogens is 3. The van der Waals surface area contributed by atoms with Gasteiger partial charge in [0.15, 0.2) is 11.5 Å². The first kappa shape index (κ1) is 22.1. The third-order valence-corrected chi connectivity index (χ3v) is 5.96. The second-order valence-electron chi connectivity index (χ2n) is 7.46. The van der Waals surface area contributed by atoms with Gasteiger partial charge < -0.3 is 19.3 Å². The van der Waals surface area contributed by atoms with E-state index in [-0.39, 0.29) is 18.2 Å². The summed E-state index contributed by atoms with van der Waals surface area (Å²) in [6.45, 7) is 2.89. The fraction of sp³-hybridized carbons (Fsp3) is 0.364. The summed E-state index contributed by atoms with van der Waals surface area (Å²) in [5.74, 6) is 0.932. The van der Waals surface area contributed by atoms with E-state index in [4.69, 9.17) is 44.3 Å². The van der Waals surface area contributed by atoms with Gasteiger partial charge in [-0.2, -0.15) is 0 Å². The van der Waals surface area contributed by atoms with Crippen LogP contribution < -0.4 is 9.47 Å². The normalized spacial score (nSPS) is 16.1. The fourth-order valence-electron chi connectivity index (χ4n) is 3.69. The Morgan fingerprint density at radius 2 is 1.48 bits per heavy atom. The monoisotopic (exact) mass is 482 g/mol. The topological polar surface area (TPSA) is 59.1 Å². The van der Waals surface area contributed by atoms with Crippen molar-refractivity contribution in [2.75, 3.05) is 39.4 Å². The molecule has 2 aliphatic rings. The van der Waals surface area contributed by atoms with Crippen molar-refractivity contribution < 1.29 is 19.1 Å². The van der Waals surface area contributed by atoms with Crippen molar-refractivity contribution in [3.8, 4) is 11.5 Å². The van der Waals surface area contributed by atoms with Crippen molar-refractivity contribution >= 4 is 46.6 Å². The number of fused-ring (bicyclic) bond motifs is 1. The minimum Gasteiger partial charge on any atom is -0.489 e. The van der Waals surface area contributed by atoms with Crippen LogP contribution >= 0.6 is 34.8 Å². The molecule has 1 saturated heterocycles. The van der Waals surface area contributed by atoms with E-state index in [0.717, 1.165) is 12.0 Å². The summed E-state index contributed by atoms with van der Waals surface area (Å²) in [5.41, 5.74) is 1.21. The Morgan fingerprint density at radius 3 is 2.19 bits per heavy atom. The third kappa shape index (κ3) is 5.20. The van der Waals surface area contributed by atoms with Gasteiger partial charge >= 0.3 is 0 Å². The van der Waals surface area contributed by atoms with Gasteiger partial charge in [-0.05, 0) is 35.9 Å². The van der Waals surface area contributed by atoms with Gasteiger partial charge in [-0.15, -0.1) is 0 Å². The second-order valence-corrected chi connectivity index (χ2v) is 8.74. The Hall–Kier alpha value is -2.15. The smallest absolute Gasteiger partial charge is 0.254 e. The largest absolute Gasteiger partial charge is 0.489 e. The average Bonchev–Trinajstić information content (AvgIpc) is 2.98. The molecule has 0 bridgehead atoms. The summed E-state index contributed by atoms with van der Waals surface area (Å²) in [4.78, 5) is 29.0. The molecule has 4 rings (SSSR count). The molecule has 0 saturated carbocycles. The number of ether oxygens (including phenoxy) is 2. The summed E-state index contributed by atoms with van der Waals surface area (Å²) in [6, 6.07) is 8.34. The van der Waals surface area contributed by atoms with Gasteiger partial charge in [0.25, 0.3) is 5.91 Å². The molecule has 0 N–H and O–H groups in total. The van der Waals surface area contributed by atoms with Crippen molar-refractivity contribution in [2.45, 2.75) is 12.8 Å². The van der Waals surface area contributed by atoms with Crippen LogP contribution in [0.2, 0.25) is 15.1 Å². The summed E-state index contributed by atoms with van der Waals surface area (Å²) < 4.78 is 11.3. The van der Waals surface area contributed by atoms with Gasteiger partial charge in [-0.3, -0.25) is 9.59 Å². The first-order valence-corrected chi connectivity index (χ1v) is 11.2. The number of hydrogen-bond donors (Lipinski definition) is 0. The van der Waals surface area contributed by atoms with Crippen LogP contribution in [0.4, 0.5) is 0 Å². The molecule has 0 aliphatic carbocycles. The van der Waals surface area contributed by atoms with Gasteiger partial charge in [-0.25, -0.2) is 0 Å². The molecular formula is C22H21Cl3N2O4. The van der Waals surface area contributed by atoms with Crippen molar-refractivity contribution in [1.82, 2.24) is 9.80 Å². The highest BCUT2D eigenvalue weighted by Crippen LogP contribution is 2.38. The zero-order valence-electron chi connectivity index (χ0n) is 16.7. The predicted molar refractivity (Wildman–Crippen MR) is 120 cm³/mol. The maximum absolute atomic E-state index is 12.8. The first-order chi connectivity index (χ1) is 14.9. The molecule has 2 aromatic carbocycles. The minimum atomic E-state index is -0.147. The number of carbonyl (C=O) groups excluding carboxylic acids is 2. The molecule has 0 atom stereocenters. The Morgan fingerprint density at radius 1 is 0.839 bits per heavy atom. The van der Waals surface area contributed by atoms with Gasteiger partial charge in [0.2, 0.25) is 5.91 Å². The van der Waals surface area contributed by atoms with Gasteiger partial charge in [0.1, 0.15) is 0 Å². The second kappa shape index (κ2) is 9.55. The van der Waals surface area contributed by atoms with Crippen LogP contribution in [0.1, 0.15) is 22.3 Å². The maximum Gasteiger partial charge on any atom is 0.254 e. The first-order valence-electron chi connectivity index (χ1n) is 10.0. The lowest BCUT2D eigenvalue weighted by atomic mass is 10.1. The maximum atomic E-state index is 12.8. The number of amides is 2. The highest BCUT2D eigenvalue weighted by Gasteiger charge is 2.26. The van der Waals surface area contributed by atoms with Crippen LogP contribution in [0, 0.1) is 0 Å². The van der Waals surface area contributed by atoms with Crippen molar-refractivity contribution in [1.29, 1.82) is 0 Å². The van der Waals surface area contributed by atoms with Crippen molar-refractivity contribution in [2.24, 2.45) is 0 Å². The summed E-state index contributed by atoms with van der Waals surface area (Å²) in [7, 11) is 0. The zero-order valence-corrected chi connectivity index (χ0v) is 19.0. The molecule has 2 heterocycles. The lowest BCUT2D eigenvalue weighted by Gasteiger charge is -2.35. The molecule has 9 heteroatoms. The SMILES string of the molecule is O=C(Cc1cc(Cl)c2c(c1)OCCCO2)N1CCN(C(=O)c2cc(Cl)cc(Cl)c2)CC1. The lowest BCUT2D eigenvalue weighted by Crippen LogP contribution is -2.51. The summed E-state index contributed by atoms with van der Waals surface area (Å²) in [5, 5.41) is 1.27. The quantitative estimate of drug-likeness (QED) is 0.652. The van der Waals surface area contributed by atoms with Gasteiger partial charge in [0.05, 0.1) is 24.7 Å². The lowest BCUT2D eigenvalue weighted by molar-refractivity contribution is -0.131. The zero-order chi connectivity index (χ0) is 22.0. The van der Waals surface area contributed by atoms with Crippen LogP contribution in [0.25, 0.3) is 0 Å². The molecule has 0 spiro atoms. The Bertz CT molecular complexity index is 986. The number of piperazine rings is 1. The van der Waals surface area contributed by atoms with E-state index in [2.05, 4.69) is 0 Å². The molecule has 0 unspecified atom stereocenters. The molecule has 164 valence electrons. The molecule has 6 nitrogen and oxygen atoms in total. The molecule has 2 amide bonds. The van der Waals surface area contributed by atoms with Crippen LogP contribution in [-0.2, 0) is 11.2 Å². The number of hydrogen-bond acceptors (Lipinski definition) is 4. The summed E-state index contributed by atoms with van der Waals surface area (Å²) in [6.07, 6.45) is 0.984. The average molecular weight is 484 g/mol. The minimum absolute atomic E-state index is 0.0246. The van der Waals surface area contributed by atoms with Crippen LogP contribution in [-0.4, -0.2) is 61.0 Å². The Kier molecular flexibility index (Phi) is 6.80. The van der Waals surface area contributed by atoms with E-state index >= 15 is 0 Å². The highest BCUT2D eigenvalue weighted by atomic mass is 35.5. The van der Waals surface area contributed by atoms with Crippen molar-refractivity contribution in [3.05, 3.63) is 56.5 Å². The predicted octanol–water partition coefficient (Wildman–Crippen LogP) is 4.34. The third-order valence-electron chi connectivity index (χ3n) is 5.25. The van der Waals surface area contributed by atoms with E-state index in [1.165, 1.54) is 0 Å². The number of carbonyl (C=O) groups is 2. The van der Waals surface area contributed by atoms with E-state index in [9.17, 15) is 9.59 Å². The van der Waals surface area contributed by atoms with E-state index < -0.39 is 0 Å².